The van der Waals surface area contributed by atoms with Crippen molar-refractivity contribution >= 4 is 22.0 Å². The monoisotopic (exact) mass is 286 g/mol. The van der Waals surface area contributed by atoms with Crippen molar-refractivity contribution in [3.8, 4) is 0 Å². The fraction of sp³-hybridized carbons (Fsp3) is 0.692. The molecule has 5 nitrogen and oxygen atoms in total. The zero-order valence-corrected chi connectivity index (χ0v) is 12.7. The maximum Gasteiger partial charge on any atom is 0.304 e. The van der Waals surface area contributed by atoms with Gasteiger partial charge < -0.3 is 10.0 Å². The van der Waals surface area contributed by atoms with Crippen molar-refractivity contribution < 1.29 is 10.0 Å². The first kappa shape index (κ1) is 15.9. The highest BCUT2D eigenvalue weighted by atomic mass is 32.1. The summed E-state index contributed by atoms with van der Waals surface area (Å²) in [6.07, 6.45) is 0.374. The second-order valence-corrected chi connectivity index (χ2v) is 5.89. The Morgan fingerprint density at radius 2 is 2.11 bits per heavy atom. The molecule has 19 heavy (non-hydrogen) atoms. The van der Waals surface area contributed by atoms with Crippen molar-refractivity contribution in [1.82, 2.24) is 0 Å². The standard InChI is InChI=1S/C13H22N2O3S/c1-5-9(3)8-14(6-2)13-11(15(17)18)7-12(19-13)10(4)16/h7,9-10,16H,5-6,8H2,1-4H3/t9?,10-/m1/s1. The van der Waals surface area contributed by atoms with Gasteiger partial charge >= 0.3 is 5.69 Å². The summed E-state index contributed by atoms with van der Waals surface area (Å²) in [5.41, 5.74) is 0.103. The minimum Gasteiger partial charge on any atom is -0.388 e. The third-order valence-corrected chi connectivity index (χ3v) is 4.57. The van der Waals surface area contributed by atoms with Gasteiger partial charge in [0.1, 0.15) is 0 Å². The Kier molecular flexibility index (Phi) is 5.75. The molecule has 1 heterocycles. The van der Waals surface area contributed by atoms with Crippen LogP contribution in [0.2, 0.25) is 0 Å². The fourth-order valence-corrected chi connectivity index (χ4v) is 2.95. The van der Waals surface area contributed by atoms with Crippen molar-refractivity contribution in [1.29, 1.82) is 0 Å². The number of nitro groups is 1. The van der Waals surface area contributed by atoms with Gasteiger partial charge in [0.2, 0.25) is 0 Å². The molecule has 0 radical (unpaired) electrons. The molecule has 1 unspecified atom stereocenters. The summed E-state index contributed by atoms with van der Waals surface area (Å²) in [6, 6.07) is 1.49. The molecule has 108 valence electrons. The first-order valence-corrected chi connectivity index (χ1v) is 7.43. The highest BCUT2D eigenvalue weighted by Crippen LogP contribution is 2.40. The molecule has 2 atom stereocenters. The molecule has 1 rings (SSSR count). The van der Waals surface area contributed by atoms with Gasteiger partial charge in [0, 0.05) is 24.0 Å². The fourth-order valence-electron chi connectivity index (χ4n) is 1.81. The maximum atomic E-state index is 11.1. The van der Waals surface area contributed by atoms with Gasteiger partial charge in [0.25, 0.3) is 0 Å². The molecule has 6 heteroatoms. The second-order valence-electron chi connectivity index (χ2n) is 4.82. The number of hydrogen-bond acceptors (Lipinski definition) is 5. The van der Waals surface area contributed by atoms with Crippen LogP contribution in [0.25, 0.3) is 0 Å². The molecule has 1 N–H and O–H groups in total. The smallest absolute Gasteiger partial charge is 0.304 e. The van der Waals surface area contributed by atoms with Gasteiger partial charge in [0.05, 0.1) is 11.0 Å². The molecule has 0 spiro atoms. The summed E-state index contributed by atoms with van der Waals surface area (Å²) in [7, 11) is 0. The lowest BCUT2D eigenvalue weighted by Crippen LogP contribution is -2.27. The van der Waals surface area contributed by atoms with E-state index in [9.17, 15) is 15.2 Å². The molecule has 0 aromatic carbocycles. The quantitative estimate of drug-likeness (QED) is 0.614. The van der Waals surface area contributed by atoms with Crippen molar-refractivity contribution in [2.24, 2.45) is 5.92 Å². The Labute approximate surface area is 118 Å². The molecule has 0 amide bonds. The number of aliphatic hydroxyl groups is 1. The van der Waals surface area contributed by atoms with Crippen molar-refractivity contribution in [3.05, 3.63) is 21.1 Å². The first-order chi connectivity index (χ1) is 8.90. The van der Waals surface area contributed by atoms with E-state index in [0.29, 0.717) is 15.8 Å². The van der Waals surface area contributed by atoms with E-state index >= 15 is 0 Å². The molecular formula is C13H22N2O3S. The number of aliphatic hydroxyl groups excluding tert-OH is 1. The van der Waals surface area contributed by atoms with Crippen LogP contribution in [-0.4, -0.2) is 23.1 Å². The average molecular weight is 286 g/mol. The number of hydrogen-bond donors (Lipinski definition) is 1. The Morgan fingerprint density at radius 1 is 1.47 bits per heavy atom. The molecule has 0 saturated carbocycles. The van der Waals surface area contributed by atoms with Gasteiger partial charge in [0.15, 0.2) is 5.00 Å². The van der Waals surface area contributed by atoms with E-state index in [1.165, 1.54) is 17.4 Å². The van der Waals surface area contributed by atoms with Crippen LogP contribution in [-0.2, 0) is 0 Å². The Hall–Kier alpha value is -1.14. The molecular weight excluding hydrogens is 264 g/mol. The number of nitrogens with zero attached hydrogens (tertiary/aromatic N) is 2. The van der Waals surface area contributed by atoms with E-state index in [4.69, 9.17) is 0 Å². The second kappa shape index (κ2) is 6.86. The van der Waals surface area contributed by atoms with Crippen LogP contribution in [0.15, 0.2) is 6.07 Å². The summed E-state index contributed by atoms with van der Waals surface area (Å²) >= 11 is 1.32. The molecule has 0 aliphatic carbocycles. The van der Waals surface area contributed by atoms with E-state index in [1.807, 2.05) is 11.8 Å². The Balaban J connectivity index is 3.10. The highest BCUT2D eigenvalue weighted by Gasteiger charge is 2.25. The van der Waals surface area contributed by atoms with Crippen molar-refractivity contribution in [2.45, 2.75) is 40.2 Å². The number of rotatable bonds is 7. The molecule has 0 bridgehead atoms. The zero-order valence-electron chi connectivity index (χ0n) is 11.9. The molecule has 0 aliphatic rings. The topological polar surface area (TPSA) is 66.6 Å². The minimum absolute atomic E-state index is 0.103. The largest absolute Gasteiger partial charge is 0.388 e. The highest BCUT2D eigenvalue weighted by molar-refractivity contribution is 7.16. The lowest BCUT2D eigenvalue weighted by atomic mass is 10.1. The maximum absolute atomic E-state index is 11.1. The Morgan fingerprint density at radius 3 is 2.53 bits per heavy atom. The summed E-state index contributed by atoms with van der Waals surface area (Å²) < 4.78 is 0. The van der Waals surface area contributed by atoms with E-state index in [2.05, 4.69) is 13.8 Å². The SMILES string of the molecule is CCC(C)CN(CC)c1sc([C@@H](C)O)cc1[N+](=O)[O-]. The van der Waals surface area contributed by atoms with E-state index in [0.717, 1.165) is 19.5 Å². The first-order valence-electron chi connectivity index (χ1n) is 6.61. The zero-order chi connectivity index (χ0) is 14.6. The van der Waals surface area contributed by atoms with Gasteiger partial charge in [-0.1, -0.05) is 20.3 Å². The molecule has 0 aliphatic heterocycles. The van der Waals surface area contributed by atoms with Gasteiger partial charge in [-0.05, 0) is 19.8 Å². The Bertz CT molecular complexity index is 432. The number of thiophene rings is 1. The third kappa shape index (κ3) is 3.91. The molecule has 1 aromatic heterocycles. The van der Waals surface area contributed by atoms with E-state index in [-0.39, 0.29) is 10.6 Å². The molecule has 1 aromatic rings. The average Bonchev–Trinajstić information content (AvgIpc) is 2.80. The molecule has 0 fully saturated rings. The van der Waals surface area contributed by atoms with Crippen LogP contribution in [0.4, 0.5) is 10.7 Å². The molecule has 0 saturated heterocycles. The summed E-state index contributed by atoms with van der Waals surface area (Å²) in [6.45, 7) is 9.40. The van der Waals surface area contributed by atoms with E-state index < -0.39 is 6.10 Å². The van der Waals surface area contributed by atoms with Crippen LogP contribution < -0.4 is 4.90 Å². The summed E-state index contributed by atoms with van der Waals surface area (Å²) in [5, 5.41) is 21.4. The van der Waals surface area contributed by atoms with E-state index in [1.54, 1.807) is 6.92 Å². The van der Waals surface area contributed by atoms with Gasteiger partial charge in [-0.25, -0.2) is 0 Å². The van der Waals surface area contributed by atoms with Crippen LogP contribution in [0.1, 0.15) is 45.1 Å². The lowest BCUT2D eigenvalue weighted by molar-refractivity contribution is -0.383. The third-order valence-electron chi connectivity index (χ3n) is 3.22. The predicted molar refractivity (Wildman–Crippen MR) is 78.9 cm³/mol. The van der Waals surface area contributed by atoms with Gasteiger partial charge in [-0.3, -0.25) is 10.1 Å². The lowest BCUT2D eigenvalue weighted by Gasteiger charge is -2.23. The summed E-state index contributed by atoms with van der Waals surface area (Å²) in [4.78, 5) is 13.4. The minimum atomic E-state index is -0.667. The van der Waals surface area contributed by atoms with Gasteiger partial charge in [-0.15, -0.1) is 11.3 Å². The van der Waals surface area contributed by atoms with Crippen molar-refractivity contribution in [3.63, 3.8) is 0 Å². The normalized spacial score (nSPS) is 14.2. The van der Waals surface area contributed by atoms with Crippen molar-refractivity contribution in [2.75, 3.05) is 18.0 Å². The van der Waals surface area contributed by atoms with Gasteiger partial charge in [-0.2, -0.15) is 0 Å². The predicted octanol–water partition coefficient (Wildman–Crippen LogP) is 3.58. The van der Waals surface area contributed by atoms with Crippen LogP contribution >= 0.6 is 11.3 Å². The number of anilines is 1. The van der Waals surface area contributed by atoms with Crippen LogP contribution in [0.5, 0.6) is 0 Å². The van der Waals surface area contributed by atoms with Crippen LogP contribution in [0.3, 0.4) is 0 Å². The summed E-state index contributed by atoms with van der Waals surface area (Å²) in [5.74, 6) is 0.483. The van der Waals surface area contributed by atoms with Crippen LogP contribution in [0, 0.1) is 16.0 Å².